The van der Waals surface area contributed by atoms with Crippen molar-refractivity contribution in [3.63, 3.8) is 0 Å². The maximum Gasteiger partial charge on any atom is 0.295 e. The van der Waals surface area contributed by atoms with Gasteiger partial charge in [0.25, 0.3) is 11.7 Å². The molecule has 2 aromatic rings. The molecule has 2 aliphatic rings. The molecule has 1 N–H and O–H groups in total. The predicted molar refractivity (Wildman–Crippen MR) is 113 cm³/mol. The van der Waals surface area contributed by atoms with Crippen LogP contribution in [0.3, 0.4) is 0 Å². The average molecular weight is 431 g/mol. The van der Waals surface area contributed by atoms with Crippen LogP contribution in [0.1, 0.15) is 27.9 Å². The molecule has 9 heteroatoms. The Hall–Kier alpha value is -2.49. The van der Waals surface area contributed by atoms with Crippen molar-refractivity contribution in [1.29, 1.82) is 0 Å². The minimum Gasteiger partial charge on any atom is -0.507 e. The summed E-state index contributed by atoms with van der Waals surface area (Å²) in [6.07, 6.45) is 0. The molecule has 4 rings (SSSR count). The summed E-state index contributed by atoms with van der Waals surface area (Å²) in [7, 11) is 1.79. The Morgan fingerprint density at radius 2 is 2.00 bits per heavy atom. The number of aryl methyl sites for hydroxylation is 2. The van der Waals surface area contributed by atoms with Crippen LogP contribution in [0.4, 0.5) is 0 Å². The summed E-state index contributed by atoms with van der Waals surface area (Å²) >= 11 is 1.47. The average Bonchev–Trinajstić information content (AvgIpc) is 3.41. The van der Waals surface area contributed by atoms with Crippen LogP contribution in [0.2, 0.25) is 0 Å². The summed E-state index contributed by atoms with van der Waals surface area (Å²) in [6, 6.07) is 3.20. The van der Waals surface area contributed by atoms with E-state index in [2.05, 4.69) is 10.00 Å². The number of aromatic nitrogens is 2. The summed E-state index contributed by atoms with van der Waals surface area (Å²) in [5.74, 6) is -1.36. The fourth-order valence-electron chi connectivity index (χ4n) is 4.18. The molecule has 0 saturated carbocycles. The Bertz CT molecular complexity index is 989. The van der Waals surface area contributed by atoms with Crippen molar-refractivity contribution in [2.24, 2.45) is 7.05 Å². The summed E-state index contributed by atoms with van der Waals surface area (Å²) in [5.41, 5.74) is 2.03. The number of likely N-dealkylation sites (tertiary alicyclic amines) is 1. The van der Waals surface area contributed by atoms with Crippen LogP contribution in [-0.4, -0.2) is 75.8 Å². The minimum absolute atomic E-state index is 0.142. The molecule has 1 unspecified atom stereocenters. The zero-order valence-corrected chi connectivity index (χ0v) is 18.2. The molecular weight excluding hydrogens is 404 g/mol. The molecule has 2 aliphatic heterocycles. The summed E-state index contributed by atoms with van der Waals surface area (Å²) in [6.45, 7) is 7.65. The maximum absolute atomic E-state index is 13.1. The molecule has 30 heavy (non-hydrogen) atoms. The lowest BCUT2D eigenvalue weighted by atomic mass is 9.99. The van der Waals surface area contributed by atoms with E-state index < -0.39 is 17.7 Å². The highest BCUT2D eigenvalue weighted by Crippen LogP contribution is 2.41. The molecule has 160 valence electrons. The smallest absolute Gasteiger partial charge is 0.295 e. The number of thiophene rings is 1. The van der Waals surface area contributed by atoms with Crippen molar-refractivity contribution in [2.45, 2.75) is 19.9 Å². The van der Waals surface area contributed by atoms with E-state index in [-0.39, 0.29) is 11.3 Å². The topological polar surface area (TPSA) is 87.9 Å². The van der Waals surface area contributed by atoms with Gasteiger partial charge < -0.3 is 14.7 Å². The number of hydrogen-bond acceptors (Lipinski definition) is 7. The summed E-state index contributed by atoms with van der Waals surface area (Å²) in [5, 5.41) is 17.5. The molecule has 0 aromatic carbocycles. The third kappa shape index (κ3) is 3.57. The minimum atomic E-state index is -0.643. The fourth-order valence-corrected chi connectivity index (χ4v) is 5.02. The zero-order chi connectivity index (χ0) is 21.4. The first-order chi connectivity index (χ1) is 14.4. The Morgan fingerprint density at radius 1 is 1.27 bits per heavy atom. The molecule has 8 nitrogen and oxygen atoms in total. The van der Waals surface area contributed by atoms with Crippen molar-refractivity contribution in [1.82, 2.24) is 19.6 Å². The highest BCUT2D eigenvalue weighted by atomic mass is 32.1. The SMILES string of the molecule is Cc1nn(C)c(C)c1/C(O)=C1\C(=O)C(=O)N(CCN2CCOCC2)C1c1cccs1. The van der Waals surface area contributed by atoms with E-state index in [0.717, 1.165) is 23.7 Å². The van der Waals surface area contributed by atoms with E-state index in [9.17, 15) is 14.7 Å². The number of aliphatic hydroxyl groups is 1. The van der Waals surface area contributed by atoms with Gasteiger partial charge >= 0.3 is 0 Å². The highest BCUT2D eigenvalue weighted by Gasteiger charge is 2.47. The van der Waals surface area contributed by atoms with Crippen LogP contribution >= 0.6 is 11.3 Å². The van der Waals surface area contributed by atoms with E-state index in [1.807, 2.05) is 24.4 Å². The first-order valence-corrected chi connectivity index (χ1v) is 10.9. The highest BCUT2D eigenvalue weighted by molar-refractivity contribution is 7.10. The molecule has 2 fully saturated rings. The molecule has 2 aromatic heterocycles. The third-order valence-electron chi connectivity index (χ3n) is 5.86. The molecule has 4 heterocycles. The third-order valence-corrected chi connectivity index (χ3v) is 6.78. The largest absolute Gasteiger partial charge is 0.507 e. The number of hydrogen-bond donors (Lipinski definition) is 1. The lowest BCUT2D eigenvalue weighted by molar-refractivity contribution is -0.140. The fraction of sp³-hybridized carbons (Fsp3) is 0.476. The molecule has 0 bridgehead atoms. The Kier molecular flexibility index (Phi) is 5.77. The number of rotatable bonds is 5. The van der Waals surface area contributed by atoms with Gasteiger partial charge in [0.2, 0.25) is 0 Å². The van der Waals surface area contributed by atoms with Gasteiger partial charge in [-0.1, -0.05) is 6.07 Å². The van der Waals surface area contributed by atoms with Crippen LogP contribution in [0.5, 0.6) is 0 Å². The van der Waals surface area contributed by atoms with Crippen LogP contribution in [0.15, 0.2) is 23.1 Å². The van der Waals surface area contributed by atoms with E-state index in [4.69, 9.17) is 4.74 Å². The molecule has 1 amide bonds. The first kappa shape index (κ1) is 20.8. The van der Waals surface area contributed by atoms with Crippen LogP contribution in [0, 0.1) is 13.8 Å². The number of ketones is 1. The Balaban J connectivity index is 1.74. The van der Waals surface area contributed by atoms with E-state index in [0.29, 0.717) is 37.6 Å². The number of Topliss-reactive ketones (excluding diaryl/α,β-unsaturated/α-hetero) is 1. The molecule has 2 saturated heterocycles. The predicted octanol–water partition coefficient (Wildman–Crippen LogP) is 1.85. The Labute approximate surface area is 179 Å². The maximum atomic E-state index is 13.1. The van der Waals surface area contributed by atoms with Gasteiger partial charge in [0.05, 0.1) is 36.1 Å². The molecule has 0 spiro atoms. The van der Waals surface area contributed by atoms with Gasteiger partial charge in [0.15, 0.2) is 0 Å². The van der Waals surface area contributed by atoms with Gasteiger partial charge in [-0.2, -0.15) is 5.10 Å². The zero-order valence-electron chi connectivity index (χ0n) is 17.4. The molecule has 0 radical (unpaired) electrons. The standard InChI is InChI=1S/C21H26N4O4S/c1-13-16(14(2)23(3)22-13)19(26)17-18(15-5-4-12-30-15)25(21(28)20(17)27)7-6-24-8-10-29-11-9-24/h4-5,12,18,26H,6-11H2,1-3H3/b19-17+. The van der Waals surface area contributed by atoms with Crippen LogP contribution < -0.4 is 0 Å². The van der Waals surface area contributed by atoms with Gasteiger partial charge in [-0.05, 0) is 25.3 Å². The first-order valence-electron chi connectivity index (χ1n) is 10.0. The van der Waals surface area contributed by atoms with E-state index >= 15 is 0 Å². The lowest BCUT2D eigenvalue weighted by Crippen LogP contribution is -2.42. The van der Waals surface area contributed by atoms with Gasteiger partial charge in [0, 0.05) is 43.8 Å². The van der Waals surface area contributed by atoms with E-state index in [1.165, 1.54) is 11.3 Å². The van der Waals surface area contributed by atoms with E-state index in [1.54, 1.807) is 23.6 Å². The quantitative estimate of drug-likeness (QED) is 0.443. The van der Waals surface area contributed by atoms with Crippen molar-refractivity contribution >= 4 is 28.8 Å². The molecule has 0 aliphatic carbocycles. The second-order valence-electron chi connectivity index (χ2n) is 7.63. The number of carbonyl (C=O) groups excluding carboxylic acids is 2. The van der Waals surface area contributed by atoms with Crippen molar-refractivity contribution < 1.29 is 19.4 Å². The normalized spacial score (nSPS) is 22.2. The lowest BCUT2D eigenvalue weighted by Gasteiger charge is -2.30. The van der Waals surface area contributed by atoms with Crippen LogP contribution in [0.25, 0.3) is 5.76 Å². The summed E-state index contributed by atoms with van der Waals surface area (Å²) in [4.78, 5) is 30.7. The summed E-state index contributed by atoms with van der Waals surface area (Å²) < 4.78 is 7.05. The Morgan fingerprint density at radius 3 is 2.60 bits per heavy atom. The van der Waals surface area contributed by atoms with Gasteiger partial charge in [-0.3, -0.25) is 19.2 Å². The number of aliphatic hydroxyl groups excluding tert-OH is 1. The number of carbonyl (C=O) groups is 2. The number of amides is 1. The van der Waals surface area contributed by atoms with Crippen LogP contribution in [-0.2, 0) is 21.4 Å². The number of nitrogens with zero attached hydrogens (tertiary/aromatic N) is 4. The van der Waals surface area contributed by atoms with Crippen molar-refractivity contribution in [3.05, 3.63) is 44.9 Å². The number of morpholine rings is 1. The molecule has 1 atom stereocenters. The monoisotopic (exact) mass is 430 g/mol. The van der Waals surface area contributed by atoms with Gasteiger partial charge in [0.1, 0.15) is 5.76 Å². The van der Waals surface area contributed by atoms with Crippen molar-refractivity contribution in [2.75, 3.05) is 39.4 Å². The van der Waals surface area contributed by atoms with Gasteiger partial charge in [-0.15, -0.1) is 11.3 Å². The second kappa shape index (κ2) is 8.33. The second-order valence-corrected chi connectivity index (χ2v) is 8.61. The van der Waals surface area contributed by atoms with Crippen molar-refractivity contribution in [3.8, 4) is 0 Å². The molecular formula is C21H26N4O4S. The number of ether oxygens (including phenoxy) is 1. The van der Waals surface area contributed by atoms with Gasteiger partial charge in [-0.25, -0.2) is 0 Å².